The molecule has 1 saturated carbocycles. The van der Waals surface area contributed by atoms with Crippen molar-refractivity contribution in [2.45, 2.75) is 39.5 Å². The van der Waals surface area contributed by atoms with Gasteiger partial charge in [-0.3, -0.25) is 9.59 Å². The third kappa shape index (κ3) is 4.58. The molecule has 1 aromatic rings. The van der Waals surface area contributed by atoms with Gasteiger partial charge < -0.3 is 14.7 Å². The van der Waals surface area contributed by atoms with E-state index in [1.54, 1.807) is 11.0 Å². The summed E-state index contributed by atoms with van der Waals surface area (Å²) in [5.74, 6) is 0.656. The lowest BCUT2D eigenvalue weighted by Gasteiger charge is -2.26. The fourth-order valence-electron chi connectivity index (χ4n) is 2.74. The molecule has 21 heavy (non-hydrogen) atoms. The highest BCUT2D eigenvalue weighted by molar-refractivity contribution is 5.94. The van der Waals surface area contributed by atoms with E-state index < -0.39 is 0 Å². The molecule has 0 saturated heterocycles. The van der Waals surface area contributed by atoms with E-state index in [2.05, 4.69) is 15.0 Å². The number of nitrogens with zero attached hydrogens (tertiary/aromatic N) is 2. The smallest absolute Gasteiger partial charge is 0.245 e. The third-order valence-electron chi connectivity index (χ3n) is 3.64. The van der Waals surface area contributed by atoms with Gasteiger partial charge in [-0.05, 0) is 18.8 Å². The highest BCUT2D eigenvalue weighted by Crippen LogP contribution is 2.26. The van der Waals surface area contributed by atoms with Crippen molar-refractivity contribution >= 4 is 17.6 Å². The molecule has 0 radical (unpaired) electrons. The minimum Gasteiger partial charge on any atom is -0.363 e. The summed E-state index contributed by atoms with van der Waals surface area (Å²) in [5, 5.41) is 6.27. The molecule has 1 fully saturated rings. The molecule has 0 aromatic carbocycles. The Morgan fingerprint density at radius 3 is 2.71 bits per heavy atom. The normalized spacial score (nSPS) is 15.4. The van der Waals surface area contributed by atoms with Crippen molar-refractivity contribution in [3.63, 3.8) is 0 Å². The number of anilines is 1. The van der Waals surface area contributed by atoms with Gasteiger partial charge in [-0.15, -0.1) is 0 Å². The maximum absolute atomic E-state index is 12.5. The zero-order chi connectivity index (χ0) is 15.2. The predicted molar refractivity (Wildman–Crippen MR) is 78.5 cm³/mol. The number of carbonyl (C=O) groups excluding carboxylic acids is 2. The van der Waals surface area contributed by atoms with Gasteiger partial charge in [-0.1, -0.05) is 31.8 Å². The second-order valence-electron chi connectivity index (χ2n) is 6.03. The van der Waals surface area contributed by atoms with Crippen molar-refractivity contribution in [2.75, 3.05) is 18.4 Å². The number of hydrogen-bond donors (Lipinski definition) is 1. The fraction of sp³-hybridized carbons (Fsp3) is 0.667. The average Bonchev–Trinajstić information content (AvgIpc) is 3.09. The minimum atomic E-state index is -0.240. The zero-order valence-electron chi connectivity index (χ0n) is 12.7. The average molecular weight is 293 g/mol. The van der Waals surface area contributed by atoms with Crippen LogP contribution in [0.5, 0.6) is 0 Å². The molecule has 2 rings (SSSR count). The number of amides is 2. The number of hydrogen-bond acceptors (Lipinski definition) is 4. The van der Waals surface area contributed by atoms with E-state index in [1.807, 2.05) is 13.8 Å². The van der Waals surface area contributed by atoms with Crippen molar-refractivity contribution in [3.05, 3.63) is 12.3 Å². The van der Waals surface area contributed by atoms with Crippen LogP contribution >= 0.6 is 0 Å². The van der Waals surface area contributed by atoms with E-state index >= 15 is 0 Å². The fourth-order valence-corrected chi connectivity index (χ4v) is 2.74. The number of nitrogens with one attached hydrogen (secondary N) is 1. The Labute approximate surface area is 124 Å². The van der Waals surface area contributed by atoms with E-state index in [4.69, 9.17) is 0 Å². The number of rotatable bonds is 6. The van der Waals surface area contributed by atoms with Crippen LogP contribution in [-0.2, 0) is 9.59 Å². The van der Waals surface area contributed by atoms with Gasteiger partial charge in [0, 0.05) is 18.5 Å². The lowest BCUT2D eigenvalue weighted by atomic mass is 10.1. The van der Waals surface area contributed by atoms with Gasteiger partial charge in [0.2, 0.25) is 11.8 Å². The molecule has 0 bridgehead atoms. The molecule has 1 heterocycles. The molecule has 1 N–H and O–H groups in total. The van der Waals surface area contributed by atoms with Crippen LogP contribution in [0.4, 0.5) is 5.82 Å². The Balaban J connectivity index is 1.94. The molecular weight excluding hydrogens is 270 g/mol. The summed E-state index contributed by atoms with van der Waals surface area (Å²) in [4.78, 5) is 26.2. The first kappa shape index (κ1) is 15.5. The maximum Gasteiger partial charge on any atom is 0.245 e. The summed E-state index contributed by atoms with van der Waals surface area (Å²) in [6, 6.07) is 1.57. The molecule has 0 spiro atoms. The topological polar surface area (TPSA) is 75.4 Å². The third-order valence-corrected chi connectivity index (χ3v) is 3.64. The number of carbonyl (C=O) groups is 2. The Morgan fingerprint density at radius 2 is 2.14 bits per heavy atom. The highest BCUT2D eigenvalue weighted by Gasteiger charge is 2.28. The minimum absolute atomic E-state index is 0.0698. The molecule has 116 valence electrons. The van der Waals surface area contributed by atoms with Crippen molar-refractivity contribution in [3.8, 4) is 0 Å². The van der Waals surface area contributed by atoms with Gasteiger partial charge in [0.1, 0.15) is 6.26 Å². The zero-order valence-corrected chi connectivity index (χ0v) is 12.7. The first-order chi connectivity index (χ1) is 10.1. The van der Waals surface area contributed by atoms with Crippen LogP contribution in [0.2, 0.25) is 0 Å². The maximum atomic E-state index is 12.5. The van der Waals surface area contributed by atoms with Crippen LogP contribution < -0.4 is 5.32 Å². The first-order valence-electron chi connectivity index (χ1n) is 7.55. The first-order valence-corrected chi connectivity index (χ1v) is 7.55. The summed E-state index contributed by atoms with van der Waals surface area (Å²) >= 11 is 0. The molecule has 1 aliphatic carbocycles. The van der Waals surface area contributed by atoms with Gasteiger partial charge in [0.15, 0.2) is 5.82 Å². The Kier molecular flexibility index (Phi) is 5.36. The van der Waals surface area contributed by atoms with Gasteiger partial charge in [-0.25, -0.2) is 0 Å². The van der Waals surface area contributed by atoms with Gasteiger partial charge >= 0.3 is 0 Å². The summed E-state index contributed by atoms with van der Waals surface area (Å²) in [6.45, 7) is 4.76. The molecular formula is C15H23N3O3. The van der Waals surface area contributed by atoms with Crippen LogP contribution in [0.3, 0.4) is 0 Å². The standard InChI is InChI=1S/C15H23N3O3/c1-11(2)9-18(15(20)12-5-3-4-6-12)10-14(19)16-13-7-8-21-17-13/h7-8,11-12H,3-6,9-10H2,1-2H3,(H,16,17,19). The van der Waals surface area contributed by atoms with Crippen LogP contribution in [0.15, 0.2) is 16.9 Å². The van der Waals surface area contributed by atoms with E-state index in [-0.39, 0.29) is 24.3 Å². The molecule has 6 nitrogen and oxygen atoms in total. The molecule has 0 aliphatic heterocycles. The van der Waals surface area contributed by atoms with Crippen LogP contribution in [0.1, 0.15) is 39.5 Å². The van der Waals surface area contributed by atoms with E-state index in [1.165, 1.54) is 6.26 Å². The predicted octanol–water partition coefficient (Wildman–Crippen LogP) is 2.29. The van der Waals surface area contributed by atoms with Crippen molar-refractivity contribution in [1.29, 1.82) is 0 Å². The lowest BCUT2D eigenvalue weighted by molar-refractivity contribution is -0.138. The molecule has 0 atom stereocenters. The van der Waals surface area contributed by atoms with E-state index in [0.717, 1.165) is 25.7 Å². The van der Waals surface area contributed by atoms with Gasteiger partial charge in [0.05, 0.1) is 6.54 Å². The monoisotopic (exact) mass is 293 g/mol. The molecule has 0 unspecified atom stereocenters. The second-order valence-corrected chi connectivity index (χ2v) is 6.03. The van der Waals surface area contributed by atoms with Crippen LogP contribution in [-0.4, -0.2) is 35.0 Å². The summed E-state index contributed by atoms with van der Waals surface area (Å²) in [6.07, 6.45) is 5.50. The lowest BCUT2D eigenvalue weighted by Crippen LogP contribution is -2.42. The Morgan fingerprint density at radius 1 is 1.43 bits per heavy atom. The van der Waals surface area contributed by atoms with Crippen LogP contribution in [0, 0.1) is 11.8 Å². The largest absolute Gasteiger partial charge is 0.363 e. The Hall–Kier alpha value is -1.85. The summed E-state index contributed by atoms with van der Waals surface area (Å²) in [5.41, 5.74) is 0. The Bertz CT molecular complexity index is 465. The molecule has 1 aromatic heterocycles. The molecule has 1 aliphatic rings. The molecule has 2 amide bonds. The van der Waals surface area contributed by atoms with E-state index in [9.17, 15) is 9.59 Å². The van der Waals surface area contributed by atoms with E-state index in [0.29, 0.717) is 18.3 Å². The van der Waals surface area contributed by atoms with Crippen molar-refractivity contribution in [2.24, 2.45) is 11.8 Å². The van der Waals surface area contributed by atoms with Gasteiger partial charge in [-0.2, -0.15) is 0 Å². The summed E-state index contributed by atoms with van der Waals surface area (Å²) < 4.78 is 4.67. The highest BCUT2D eigenvalue weighted by atomic mass is 16.5. The quantitative estimate of drug-likeness (QED) is 0.873. The van der Waals surface area contributed by atoms with Crippen molar-refractivity contribution < 1.29 is 14.1 Å². The SMILES string of the molecule is CC(C)CN(CC(=O)Nc1ccon1)C(=O)C1CCCC1. The van der Waals surface area contributed by atoms with Crippen LogP contribution in [0.25, 0.3) is 0 Å². The molecule has 6 heteroatoms. The van der Waals surface area contributed by atoms with Crippen molar-refractivity contribution in [1.82, 2.24) is 10.1 Å². The second kappa shape index (κ2) is 7.24. The van der Waals surface area contributed by atoms with Gasteiger partial charge in [0.25, 0.3) is 0 Å². The summed E-state index contributed by atoms with van der Waals surface area (Å²) in [7, 11) is 0. The number of aromatic nitrogens is 1.